The average molecular weight is 590 g/mol. The van der Waals surface area contributed by atoms with Gasteiger partial charge in [0.05, 0.1) is 28.8 Å². The van der Waals surface area contributed by atoms with Crippen molar-refractivity contribution in [1.29, 1.82) is 5.26 Å². The van der Waals surface area contributed by atoms with Crippen LogP contribution in [0.3, 0.4) is 0 Å². The molecule has 2 aliphatic rings. The predicted octanol–water partition coefficient (Wildman–Crippen LogP) is 7.88. The van der Waals surface area contributed by atoms with Crippen LogP contribution in [0.2, 0.25) is 0 Å². The highest BCUT2D eigenvalue weighted by Crippen LogP contribution is 2.31. The maximum Gasteiger partial charge on any atom is 0.258 e. The SMILES string of the molecule is N#Cc1ccc(-c2ccc3nc(NCc4cccc(-c5ccccc5)c4)cc(C(=O)N4C=CC[C@H]4CN4CCCC4)c3c2)cc1. The summed E-state index contributed by atoms with van der Waals surface area (Å²) in [4.78, 5) is 23.7. The van der Waals surface area contributed by atoms with E-state index in [9.17, 15) is 10.1 Å². The number of likely N-dealkylation sites (tertiary alicyclic amines) is 1. The predicted molar refractivity (Wildman–Crippen MR) is 180 cm³/mol. The summed E-state index contributed by atoms with van der Waals surface area (Å²) in [6.45, 7) is 3.67. The summed E-state index contributed by atoms with van der Waals surface area (Å²) in [6.07, 6.45) is 7.39. The molecule has 0 saturated carbocycles. The summed E-state index contributed by atoms with van der Waals surface area (Å²) in [7, 11) is 0. The lowest BCUT2D eigenvalue weighted by molar-refractivity contribution is 0.0762. The zero-order valence-electron chi connectivity index (χ0n) is 25.2. The second kappa shape index (κ2) is 12.8. The maximum absolute atomic E-state index is 14.4. The third-order valence-electron chi connectivity index (χ3n) is 8.86. The molecule has 45 heavy (non-hydrogen) atoms. The van der Waals surface area contributed by atoms with Gasteiger partial charge < -0.3 is 15.1 Å². The summed E-state index contributed by atoms with van der Waals surface area (Å²) in [5.41, 5.74) is 7.46. The van der Waals surface area contributed by atoms with Crippen molar-refractivity contribution in [3.63, 3.8) is 0 Å². The van der Waals surface area contributed by atoms with Crippen LogP contribution in [-0.4, -0.2) is 46.4 Å². The van der Waals surface area contributed by atoms with Gasteiger partial charge in [0.25, 0.3) is 5.91 Å². The lowest BCUT2D eigenvalue weighted by Crippen LogP contribution is -2.41. The van der Waals surface area contributed by atoms with Gasteiger partial charge in [-0.1, -0.05) is 72.8 Å². The lowest BCUT2D eigenvalue weighted by atomic mass is 9.99. The number of benzene rings is 4. The van der Waals surface area contributed by atoms with Crippen molar-refractivity contribution in [2.75, 3.05) is 25.0 Å². The van der Waals surface area contributed by atoms with Gasteiger partial charge in [0.2, 0.25) is 0 Å². The number of aromatic nitrogens is 1. The molecule has 0 spiro atoms. The molecular formula is C39H35N5O. The lowest BCUT2D eigenvalue weighted by Gasteiger charge is -2.28. The number of carbonyl (C=O) groups excluding carboxylic acids is 1. The Morgan fingerprint density at radius 1 is 0.844 bits per heavy atom. The van der Waals surface area contributed by atoms with Crippen molar-refractivity contribution in [2.45, 2.75) is 31.8 Å². The van der Waals surface area contributed by atoms with Gasteiger partial charge in [-0.2, -0.15) is 5.26 Å². The van der Waals surface area contributed by atoms with Gasteiger partial charge in [-0.05, 0) is 96.6 Å². The van der Waals surface area contributed by atoms with E-state index in [1.807, 2.05) is 59.6 Å². The quantitative estimate of drug-likeness (QED) is 0.199. The Morgan fingerprint density at radius 2 is 1.58 bits per heavy atom. The Bertz CT molecular complexity index is 1900. The zero-order chi connectivity index (χ0) is 30.6. The van der Waals surface area contributed by atoms with E-state index in [-0.39, 0.29) is 11.9 Å². The van der Waals surface area contributed by atoms with Crippen LogP contribution >= 0.6 is 0 Å². The van der Waals surface area contributed by atoms with E-state index in [4.69, 9.17) is 4.98 Å². The molecule has 0 bridgehead atoms. The van der Waals surface area contributed by atoms with Crippen molar-refractivity contribution < 1.29 is 4.79 Å². The molecule has 7 rings (SSSR count). The van der Waals surface area contributed by atoms with Crippen molar-refractivity contribution in [1.82, 2.24) is 14.8 Å². The molecule has 6 nitrogen and oxygen atoms in total. The fraction of sp³-hybridized carbons (Fsp3) is 0.205. The highest BCUT2D eigenvalue weighted by molar-refractivity contribution is 6.08. The molecule has 6 heteroatoms. The standard InChI is InChI=1S/C39H35N5O/c40-25-28-13-15-31(16-14-28)33-17-18-37-35(23-33)36(39(45)44-21-7-12-34(44)27-43-19-4-5-20-43)24-38(42-37)41-26-29-8-6-11-32(22-29)30-9-2-1-3-10-30/h1-3,6-11,13-18,21-24,34H,4-5,12,19-20,26-27H2,(H,41,42)/t34-/m0/s1. The van der Waals surface area contributed by atoms with Crippen molar-refractivity contribution in [3.8, 4) is 28.3 Å². The van der Waals surface area contributed by atoms with Crippen LogP contribution in [0.15, 0.2) is 115 Å². The number of nitriles is 1. The normalized spacial score (nSPS) is 16.2. The summed E-state index contributed by atoms with van der Waals surface area (Å²) in [5.74, 6) is 0.660. The number of pyridine rings is 1. The van der Waals surface area contributed by atoms with Crippen LogP contribution in [0, 0.1) is 11.3 Å². The molecule has 1 N–H and O–H groups in total. The molecule has 1 saturated heterocycles. The third kappa shape index (κ3) is 6.22. The van der Waals surface area contributed by atoms with Gasteiger partial charge in [0, 0.05) is 24.7 Å². The molecule has 1 atom stereocenters. The highest BCUT2D eigenvalue weighted by atomic mass is 16.2. The smallest absolute Gasteiger partial charge is 0.258 e. The monoisotopic (exact) mass is 589 g/mol. The second-order valence-electron chi connectivity index (χ2n) is 11.9. The van der Waals surface area contributed by atoms with Crippen molar-refractivity contribution in [2.24, 2.45) is 0 Å². The highest BCUT2D eigenvalue weighted by Gasteiger charge is 2.30. The number of hydrogen-bond donors (Lipinski definition) is 1. The molecule has 1 aromatic heterocycles. The van der Waals surface area contributed by atoms with E-state index in [0.717, 1.165) is 59.2 Å². The minimum atomic E-state index is -0.00792. The largest absolute Gasteiger partial charge is 0.366 e. The number of amides is 1. The first kappa shape index (κ1) is 28.5. The summed E-state index contributed by atoms with van der Waals surface area (Å²) in [5, 5.41) is 13.6. The summed E-state index contributed by atoms with van der Waals surface area (Å²) >= 11 is 0. The van der Waals surface area contributed by atoms with Crippen LogP contribution in [0.1, 0.15) is 40.7 Å². The third-order valence-corrected chi connectivity index (χ3v) is 8.86. The Balaban J connectivity index is 1.22. The van der Waals surface area contributed by atoms with Crippen molar-refractivity contribution in [3.05, 3.63) is 132 Å². The number of nitrogens with one attached hydrogen (secondary N) is 1. The van der Waals surface area contributed by atoms with E-state index in [2.05, 4.69) is 77.0 Å². The molecule has 222 valence electrons. The number of carbonyl (C=O) groups is 1. The van der Waals surface area contributed by atoms with Crippen LogP contribution in [0.25, 0.3) is 33.2 Å². The van der Waals surface area contributed by atoms with Crippen LogP contribution in [0.4, 0.5) is 5.82 Å². The molecule has 1 amide bonds. The average Bonchev–Trinajstić information content (AvgIpc) is 3.80. The molecule has 5 aromatic rings. The van der Waals surface area contributed by atoms with Gasteiger partial charge in [0.15, 0.2) is 0 Å². The zero-order valence-corrected chi connectivity index (χ0v) is 25.2. The minimum absolute atomic E-state index is 0.00792. The first-order chi connectivity index (χ1) is 22.1. The summed E-state index contributed by atoms with van der Waals surface area (Å²) < 4.78 is 0. The Morgan fingerprint density at radius 3 is 2.38 bits per heavy atom. The summed E-state index contributed by atoms with van der Waals surface area (Å²) in [6, 6.07) is 36.7. The van der Waals surface area contributed by atoms with Gasteiger partial charge in [-0.3, -0.25) is 4.79 Å². The second-order valence-corrected chi connectivity index (χ2v) is 11.9. The fourth-order valence-corrected chi connectivity index (χ4v) is 6.46. The van der Waals surface area contributed by atoms with E-state index < -0.39 is 0 Å². The van der Waals surface area contributed by atoms with E-state index >= 15 is 0 Å². The Hall–Kier alpha value is -5.25. The van der Waals surface area contributed by atoms with Crippen LogP contribution in [0.5, 0.6) is 0 Å². The molecule has 1 fully saturated rings. The minimum Gasteiger partial charge on any atom is -0.366 e. The van der Waals surface area contributed by atoms with E-state index in [0.29, 0.717) is 23.5 Å². The molecule has 3 heterocycles. The maximum atomic E-state index is 14.4. The van der Waals surface area contributed by atoms with E-state index in [1.165, 1.54) is 18.4 Å². The van der Waals surface area contributed by atoms with Gasteiger partial charge in [-0.25, -0.2) is 4.98 Å². The number of nitrogens with zero attached hydrogens (tertiary/aromatic N) is 4. The van der Waals surface area contributed by atoms with Gasteiger partial charge >= 0.3 is 0 Å². The van der Waals surface area contributed by atoms with Crippen molar-refractivity contribution >= 4 is 22.6 Å². The molecule has 4 aromatic carbocycles. The molecule has 2 aliphatic heterocycles. The van der Waals surface area contributed by atoms with Gasteiger partial charge in [-0.15, -0.1) is 0 Å². The number of rotatable bonds is 8. The molecule has 0 radical (unpaired) electrons. The molecule has 0 aliphatic carbocycles. The number of fused-ring (bicyclic) bond motifs is 1. The first-order valence-electron chi connectivity index (χ1n) is 15.7. The number of anilines is 1. The van der Waals surface area contributed by atoms with Crippen LogP contribution < -0.4 is 5.32 Å². The van der Waals surface area contributed by atoms with Crippen LogP contribution in [-0.2, 0) is 6.54 Å². The topological polar surface area (TPSA) is 72.3 Å². The molecular weight excluding hydrogens is 554 g/mol. The molecule has 0 unspecified atom stereocenters. The Labute approximate surface area is 264 Å². The van der Waals surface area contributed by atoms with E-state index in [1.54, 1.807) is 0 Å². The Kier molecular flexibility index (Phi) is 8.09. The first-order valence-corrected chi connectivity index (χ1v) is 15.7. The van der Waals surface area contributed by atoms with Gasteiger partial charge in [0.1, 0.15) is 5.82 Å². The fourth-order valence-electron chi connectivity index (χ4n) is 6.46. The number of hydrogen-bond acceptors (Lipinski definition) is 5.